The van der Waals surface area contributed by atoms with Gasteiger partial charge in [0, 0.05) is 47.0 Å². The molecule has 0 saturated heterocycles. The molecule has 0 radical (unpaired) electrons. The van der Waals surface area contributed by atoms with E-state index in [0.717, 1.165) is 44.2 Å². The van der Waals surface area contributed by atoms with E-state index in [1.807, 2.05) is 6.08 Å². The molecule has 1 aromatic carbocycles. The minimum atomic E-state index is -2.41. The van der Waals surface area contributed by atoms with Crippen molar-refractivity contribution >= 4 is 39.7 Å². The lowest BCUT2D eigenvalue weighted by atomic mass is 10.1. The molecule has 0 saturated carbocycles. The molecule has 0 aromatic heterocycles. The summed E-state index contributed by atoms with van der Waals surface area (Å²) in [5.41, 5.74) is 2.44. The number of nitrogens with one attached hydrogen (secondary N) is 2. The van der Waals surface area contributed by atoms with Crippen LogP contribution in [0.1, 0.15) is 17.5 Å². The largest absolute Gasteiger partial charge is 0.500 e. The van der Waals surface area contributed by atoms with E-state index in [-0.39, 0.29) is 24.8 Å². The van der Waals surface area contributed by atoms with Crippen LogP contribution < -0.4 is 10.6 Å². The van der Waals surface area contributed by atoms with Gasteiger partial charge in [-0.05, 0) is 24.1 Å². The molecule has 0 bridgehead atoms. The smallest absolute Gasteiger partial charge is 0.377 e. The molecular weight excluding hydrogens is 379 g/mol. The number of rotatable bonds is 13. The summed E-state index contributed by atoms with van der Waals surface area (Å²) in [7, 11) is 2.55. The molecule has 8 heteroatoms. The lowest BCUT2D eigenvalue weighted by Gasteiger charge is -2.24. The van der Waals surface area contributed by atoms with Gasteiger partial charge in [0.25, 0.3) is 0 Å². The van der Waals surface area contributed by atoms with E-state index in [0.29, 0.717) is 0 Å². The van der Waals surface area contributed by atoms with E-state index < -0.39 is 8.80 Å². The highest BCUT2D eigenvalue weighted by Crippen LogP contribution is 2.14. The van der Waals surface area contributed by atoms with Gasteiger partial charge in [-0.25, -0.2) is 0 Å². The Labute approximate surface area is 165 Å². The summed E-state index contributed by atoms with van der Waals surface area (Å²) in [6, 6.07) is 9.25. The van der Waals surface area contributed by atoms with Gasteiger partial charge in [-0.3, -0.25) is 0 Å². The van der Waals surface area contributed by atoms with Crippen LogP contribution >= 0.6 is 24.8 Å². The second-order valence-electron chi connectivity index (χ2n) is 5.27. The average molecular weight is 411 g/mol. The topological polar surface area (TPSA) is 51.8 Å². The fraction of sp³-hybridized carbons (Fsp3) is 0.529. The van der Waals surface area contributed by atoms with Gasteiger partial charge >= 0.3 is 8.80 Å². The Balaban J connectivity index is 0. The molecular formula is C17H32Cl2N2O3Si. The van der Waals surface area contributed by atoms with Crippen LogP contribution in [0.25, 0.3) is 6.08 Å². The molecule has 5 nitrogen and oxygen atoms in total. The van der Waals surface area contributed by atoms with Crippen molar-refractivity contribution in [3.63, 3.8) is 0 Å². The first-order valence-corrected chi connectivity index (χ1v) is 9.91. The molecule has 1 aromatic rings. The van der Waals surface area contributed by atoms with Gasteiger partial charge in [-0.15, -0.1) is 24.8 Å². The van der Waals surface area contributed by atoms with Gasteiger partial charge in [0.15, 0.2) is 0 Å². The molecule has 2 N–H and O–H groups in total. The van der Waals surface area contributed by atoms with Crippen molar-refractivity contribution in [2.24, 2.45) is 0 Å². The van der Waals surface area contributed by atoms with Crippen molar-refractivity contribution in [2.45, 2.75) is 19.0 Å². The van der Waals surface area contributed by atoms with E-state index in [2.05, 4.69) is 41.5 Å². The molecule has 0 unspecified atom stereocenters. The summed E-state index contributed by atoms with van der Waals surface area (Å²) in [6.45, 7) is 7.44. The average Bonchev–Trinajstić information content (AvgIpc) is 2.61. The van der Waals surface area contributed by atoms with Gasteiger partial charge in [-0.2, -0.15) is 0 Å². The van der Waals surface area contributed by atoms with Gasteiger partial charge in [0.05, 0.1) is 0 Å². The predicted octanol–water partition coefficient (Wildman–Crippen LogP) is 3.12. The summed E-state index contributed by atoms with van der Waals surface area (Å²) < 4.78 is 16.2. The van der Waals surface area contributed by atoms with E-state index in [1.165, 1.54) is 5.56 Å². The van der Waals surface area contributed by atoms with Crippen molar-refractivity contribution in [3.05, 3.63) is 42.0 Å². The molecule has 0 aliphatic heterocycles. The van der Waals surface area contributed by atoms with Gasteiger partial charge in [0.1, 0.15) is 0 Å². The van der Waals surface area contributed by atoms with Crippen LogP contribution in [0.5, 0.6) is 0 Å². The van der Waals surface area contributed by atoms with Gasteiger partial charge in [-0.1, -0.05) is 36.9 Å². The number of benzene rings is 1. The maximum Gasteiger partial charge on any atom is 0.500 e. The van der Waals surface area contributed by atoms with E-state index in [9.17, 15) is 0 Å². The Bertz CT molecular complexity index is 438. The maximum atomic E-state index is 5.40. The van der Waals surface area contributed by atoms with Crippen molar-refractivity contribution in [3.8, 4) is 0 Å². The number of halogens is 2. The Morgan fingerprint density at radius 1 is 0.920 bits per heavy atom. The monoisotopic (exact) mass is 410 g/mol. The molecule has 25 heavy (non-hydrogen) atoms. The highest BCUT2D eigenvalue weighted by atomic mass is 35.5. The van der Waals surface area contributed by atoms with Crippen LogP contribution in [0.15, 0.2) is 30.8 Å². The Morgan fingerprint density at radius 3 is 2.00 bits per heavy atom. The second-order valence-corrected chi connectivity index (χ2v) is 8.36. The van der Waals surface area contributed by atoms with Crippen molar-refractivity contribution in [2.75, 3.05) is 41.0 Å². The van der Waals surface area contributed by atoms with Crippen LogP contribution in [-0.2, 0) is 19.8 Å². The molecule has 0 aliphatic rings. The Morgan fingerprint density at radius 2 is 1.48 bits per heavy atom. The van der Waals surface area contributed by atoms with Crippen LogP contribution in [0.4, 0.5) is 0 Å². The van der Waals surface area contributed by atoms with Crippen molar-refractivity contribution in [1.29, 1.82) is 0 Å². The van der Waals surface area contributed by atoms with E-state index in [1.54, 1.807) is 21.3 Å². The van der Waals surface area contributed by atoms with E-state index in [4.69, 9.17) is 13.3 Å². The first kappa shape index (κ1) is 26.8. The van der Waals surface area contributed by atoms with Gasteiger partial charge in [0.2, 0.25) is 0 Å². The standard InChI is InChI=1S/C17H30N2O3Si.2ClH/c1-5-16-7-9-17(10-8-16)15-19-13-12-18-11-6-14-23(20-2,21-3)22-4;;/h5,7-10,18-19H,1,6,11-15H2,2-4H3;2*1H. The van der Waals surface area contributed by atoms with Crippen LogP contribution in [0.3, 0.4) is 0 Å². The minimum absolute atomic E-state index is 0. The normalized spacial score (nSPS) is 10.7. The first-order valence-electron chi connectivity index (χ1n) is 7.98. The Hall–Kier alpha value is -0.443. The highest BCUT2D eigenvalue weighted by Gasteiger charge is 2.36. The van der Waals surface area contributed by atoms with Crippen molar-refractivity contribution < 1.29 is 13.3 Å². The SMILES string of the molecule is C=Cc1ccc(CNCCNCCC[Si](OC)(OC)OC)cc1.Cl.Cl. The lowest BCUT2D eigenvalue weighted by molar-refractivity contribution is 0.123. The maximum absolute atomic E-state index is 5.40. The molecule has 0 spiro atoms. The summed E-state index contributed by atoms with van der Waals surface area (Å²) in [4.78, 5) is 0. The summed E-state index contributed by atoms with van der Waals surface area (Å²) >= 11 is 0. The quantitative estimate of drug-likeness (QED) is 0.386. The molecule has 0 aliphatic carbocycles. The molecule has 0 heterocycles. The fourth-order valence-corrected chi connectivity index (χ4v) is 4.01. The predicted molar refractivity (Wildman–Crippen MR) is 112 cm³/mol. The molecule has 0 atom stereocenters. The summed E-state index contributed by atoms with van der Waals surface area (Å²) in [5, 5.41) is 6.84. The van der Waals surface area contributed by atoms with Crippen molar-refractivity contribution in [1.82, 2.24) is 10.6 Å². The minimum Gasteiger partial charge on any atom is -0.377 e. The zero-order chi connectivity index (χ0) is 17.0. The molecule has 0 amide bonds. The third kappa shape index (κ3) is 10.3. The Kier molecular flexibility index (Phi) is 16.9. The molecule has 146 valence electrons. The molecule has 1 rings (SSSR count). The second kappa shape index (κ2) is 15.8. The first-order chi connectivity index (χ1) is 11.2. The lowest BCUT2D eigenvalue weighted by Crippen LogP contribution is -2.43. The number of hydrogen-bond donors (Lipinski definition) is 2. The highest BCUT2D eigenvalue weighted by molar-refractivity contribution is 6.60. The molecule has 0 fully saturated rings. The zero-order valence-electron chi connectivity index (χ0n) is 15.4. The fourth-order valence-electron chi connectivity index (χ4n) is 2.29. The van der Waals surface area contributed by atoms with Crippen LogP contribution in [-0.4, -0.2) is 49.8 Å². The summed E-state index contributed by atoms with van der Waals surface area (Å²) in [6.07, 6.45) is 2.83. The van der Waals surface area contributed by atoms with Gasteiger partial charge < -0.3 is 23.9 Å². The van der Waals surface area contributed by atoms with E-state index >= 15 is 0 Å². The zero-order valence-corrected chi connectivity index (χ0v) is 18.0. The number of hydrogen-bond acceptors (Lipinski definition) is 5. The third-order valence-corrected chi connectivity index (χ3v) is 6.62. The van der Waals surface area contributed by atoms with Crippen LogP contribution in [0, 0.1) is 0 Å². The summed E-state index contributed by atoms with van der Waals surface area (Å²) in [5.74, 6) is 0. The van der Waals surface area contributed by atoms with Crippen LogP contribution in [0.2, 0.25) is 6.04 Å². The third-order valence-electron chi connectivity index (χ3n) is 3.79.